The molecule has 11 heteroatoms. The number of amides is 2. The molecule has 38 heavy (non-hydrogen) atoms. The van der Waals surface area contributed by atoms with Crippen molar-refractivity contribution in [1.29, 1.82) is 5.26 Å². The third-order valence-electron chi connectivity index (χ3n) is 8.14. The van der Waals surface area contributed by atoms with E-state index in [1.54, 1.807) is 41.0 Å². The van der Waals surface area contributed by atoms with Crippen molar-refractivity contribution in [3.8, 4) is 11.8 Å². The predicted molar refractivity (Wildman–Crippen MR) is 138 cm³/mol. The molecule has 1 aliphatic heterocycles. The Morgan fingerprint density at radius 2 is 2.11 bits per heavy atom. The molecule has 10 nitrogen and oxygen atoms in total. The van der Waals surface area contributed by atoms with Gasteiger partial charge in [0.1, 0.15) is 0 Å². The number of aromatic nitrogens is 4. The van der Waals surface area contributed by atoms with Crippen LogP contribution in [0.4, 0.5) is 5.82 Å². The van der Waals surface area contributed by atoms with E-state index in [0.717, 1.165) is 17.5 Å². The monoisotopic (exact) mass is 531 g/mol. The quantitative estimate of drug-likeness (QED) is 0.496. The zero-order valence-corrected chi connectivity index (χ0v) is 21.7. The van der Waals surface area contributed by atoms with Crippen LogP contribution in [0.5, 0.6) is 5.75 Å². The highest BCUT2D eigenvalue weighted by molar-refractivity contribution is 6.30. The fraction of sp³-hybridized carbons (Fsp3) is 0.407. The van der Waals surface area contributed by atoms with Gasteiger partial charge >= 0.3 is 0 Å². The van der Waals surface area contributed by atoms with Crippen molar-refractivity contribution in [2.24, 2.45) is 11.8 Å². The summed E-state index contributed by atoms with van der Waals surface area (Å²) in [6, 6.07) is 7.08. The van der Waals surface area contributed by atoms with Gasteiger partial charge in [0.25, 0.3) is 5.91 Å². The maximum absolute atomic E-state index is 12.8. The molecule has 0 spiro atoms. The number of halogens is 1. The smallest absolute Gasteiger partial charge is 0.273 e. The lowest BCUT2D eigenvalue weighted by molar-refractivity contribution is -0.118. The van der Waals surface area contributed by atoms with Crippen LogP contribution >= 0.6 is 11.6 Å². The van der Waals surface area contributed by atoms with Crippen LogP contribution in [-0.2, 0) is 4.79 Å². The molecule has 0 unspecified atom stereocenters. The summed E-state index contributed by atoms with van der Waals surface area (Å²) in [5.41, 5.74) is 3.03. The van der Waals surface area contributed by atoms with E-state index in [2.05, 4.69) is 26.7 Å². The molecular formula is C27H26ClN7O3. The molecule has 194 valence electrons. The molecule has 2 N–H and O–H groups in total. The maximum Gasteiger partial charge on any atom is 0.273 e. The second-order valence-electron chi connectivity index (χ2n) is 10.5. The highest BCUT2D eigenvalue weighted by atomic mass is 35.5. The lowest BCUT2D eigenvalue weighted by Crippen LogP contribution is -2.43. The molecule has 1 saturated heterocycles. The van der Waals surface area contributed by atoms with E-state index in [9.17, 15) is 20.0 Å². The van der Waals surface area contributed by atoms with Gasteiger partial charge in [0.05, 0.1) is 23.9 Å². The molecular weight excluding hydrogens is 506 g/mol. The van der Waals surface area contributed by atoms with Crippen LogP contribution in [-0.4, -0.2) is 49.5 Å². The van der Waals surface area contributed by atoms with Gasteiger partial charge in [0.15, 0.2) is 17.3 Å². The van der Waals surface area contributed by atoms with Crippen LogP contribution in [0, 0.1) is 30.1 Å². The van der Waals surface area contributed by atoms with Gasteiger partial charge in [0.2, 0.25) is 5.91 Å². The summed E-state index contributed by atoms with van der Waals surface area (Å²) < 4.78 is 1.56. The van der Waals surface area contributed by atoms with Crippen LogP contribution in [0.3, 0.4) is 0 Å². The second kappa shape index (κ2) is 9.10. The summed E-state index contributed by atoms with van der Waals surface area (Å²) in [6.07, 6.45) is 5.57. The SMILES string of the molecule is Cc1c([C@H](C)n2cc(C(=O)N[C@H]3C[C@@H](c4cc(Cl)ccc4C#N)C3)nn2)cnc(N2C[C@H]3C[C@H]3C2=O)c1O. The zero-order valence-electron chi connectivity index (χ0n) is 20.9. The first-order chi connectivity index (χ1) is 18.2. The van der Waals surface area contributed by atoms with Crippen LogP contribution in [0.2, 0.25) is 5.02 Å². The van der Waals surface area contributed by atoms with Crippen LogP contribution in [0.25, 0.3) is 0 Å². The van der Waals surface area contributed by atoms with Crippen LogP contribution in [0.15, 0.2) is 30.6 Å². The van der Waals surface area contributed by atoms with Crippen molar-refractivity contribution in [3.63, 3.8) is 0 Å². The number of pyridine rings is 1. The minimum absolute atomic E-state index is 0.0131. The van der Waals surface area contributed by atoms with Crippen LogP contribution < -0.4 is 10.2 Å². The molecule has 2 saturated carbocycles. The lowest BCUT2D eigenvalue weighted by atomic mass is 9.74. The predicted octanol–water partition coefficient (Wildman–Crippen LogP) is 3.48. The minimum atomic E-state index is -0.348. The summed E-state index contributed by atoms with van der Waals surface area (Å²) in [5, 5.41) is 32.0. The largest absolute Gasteiger partial charge is 0.504 e. The third kappa shape index (κ3) is 4.07. The van der Waals surface area contributed by atoms with Gasteiger partial charge in [-0.05, 0) is 68.7 Å². The van der Waals surface area contributed by atoms with Crippen molar-refractivity contribution < 1.29 is 14.7 Å². The maximum atomic E-state index is 12.8. The van der Waals surface area contributed by atoms with Crippen molar-refractivity contribution in [2.75, 3.05) is 11.4 Å². The Balaban J connectivity index is 1.11. The van der Waals surface area contributed by atoms with Gasteiger partial charge in [-0.15, -0.1) is 5.10 Å². The summed E-state index contributed by atoms with van der Waals surface area (Å²) in [4.78, 5) is 31.3. The van der Waals surface area contributed by atoms with Gasteiger partial charge in [0, 0.05) is 40.9 Å². The molecule has 3 heterocycles. The highest BCUT2D eigenvalue weighted by Gasteiger charge is 2.53. The number of benzene rings is 1. The number of piperidine rings is 1. The van der Waals surface area contributed by atoms with E-state index in [4.69, 9.17) is 11.6 Å². The topological polar surface area (TPSA) is 137 Å². The number of fused-ring (bicyclic) bond motifs is 1. The molecule has 2 amide bonds. The van der Waals surface area contributed by atoms with Crippen molar-refractivity contribution >= 4 is 29.2 Å². The Bertz CT molecular complexity index is 1510. The molecule has 2 aromatic heterocycles. The van der Waals surface area contributed by atoms with E-state index >= 15 is 0 Å². The number of aromatic hydroxyl groups is 1. The average Bonchev–Trinajstić information content (AvgIpc) is 3.33. The molecule has 3 atom stereocenters. The van der Waals surface area contributed by atoms with E-state index in [1.807, 2.05) is 13.0 Å². The van der Waals surface area contributed by atoms with Crippen molar-refractivity contribution in [2.45, 2.75) is 51.1 Å². The molecule has 0 radical (unpaired) electrons. The Hall–Kier alpha value is -3.97. The van der Waals surface area contributed by atoms with Gasteiger partial charge in [-0.25, -0.2) is 9.67 Å². The number of nitrogens with one attached hydrogen (secondary N) is 1. The standard InChI is InChI=1S/C27H26ClN7O3/c1-13-22(10-30-25(24(13)36)34-11-17-7-21(17)27(34)38)14(2)35-12-23(32-33-35)26(37)31-19-5-16(6-19)20-8-18(28)4-3-15(20)9-29/h3-4,8,10,12,14,16-17,19,21,36H,5-7,11H2,1-2H3,(H,31,37)/t14-,16-,17+,19+,21+/m0/s1. The number of carbonyl (C=O) groups is 2. The number of carbonyl (C=O) groups excluding carboxylic acids is 2. The summed E-state index contributed by atoms with van der Waals surface area (Å²) in [5.74, 6) is 0.608. The third-order valence-corrected chi connectivity index (χ3v) is 8.38. The van der Waals surface area contributed by atoms with E-state index in [1.165, 1.54) is 0 Å². The summed E-state index contributed by atoms with van der Waals surface area (Å²) >= 11 is 6.11. The molecule has 3 aromatic rings. The van der Waals surface area contributed by atoms with Gasteiger partial charge in [-0.2, -0.15) is 5.26 Å². The first-order valence-electron chi connectivity index (χ1n) is 12.7. The van der Waals surface area contributed by atoms with E-state index < -0.39 is 0 Å². The zero-order chi connectivity index (χ0) is 26.7. The molecule has 1 aromatic carbocycles. The normalized spacial score (nSPS) is 24.4. The number of anilines is 1. The Morgan fingerprint density at radius 1 is 1.32 bits per heavy atom. The minimum Gasteiger partial charge on any atom is -0.504 e. The number of hydrogen-bond donors (Lipinski definition) is 2. The first-order valence-corrected chi connectivity index (χ1v) is 13.0. The molecule has 3 aliphatic rings. The van der Waals surface area contributed by atoms with Gasteiger partial charge in [-0.1, -0.05) is 16.8 Å². The number of rotatable bonds is 6. The Labute approximate surface area is 224 Å². The number of nitrogens with zero attached hydrogens (tertiary/aromatic N) is 6. The molecule has 3 fully saturated rings. The summed E-state index contributed by atoms with van der Waals surface area (Å²) in [7, 11) is 0. The number of hydrogen-bond acceptors (Lipinski definition) is 7. The van der Waals surface area contributed by atoms with Crippen molar-refractivity contribution in [3.05, 3.63) is 63.6 Å². The lowest BCUT2D eigenvalue weighted by Gasteiger charge is -2.36. The average molecular weight is 532 g/mol. The first kappa shape index (κ1) is 24.4. The van der Waals surface area contributed by atoms with E-state index in [0.29, 0.717) is 47.3 Å². The Morgan fingerprint density at radius 3 is 2.82 bits per heavy atom. The summed E-state index contributed by atoms with van der Waals surface area (Å²) in [6.45, 7) is 4.26. The second-order valence-corrected chi connectivity index (χ2v) is 10.9. The number of nitriles is 1. The van der Waals surface area contributed by atoms with Crippen LogP contribution in [0.1, 0.15) is 70.9 Å². The molecule has 0 bridgehead atoms. The Kier molecular flexibility index (Phi) is 5.83. The van der Waals surface area contributed by atoms with Gasteiger partial charge in [-0.3, -0.25) is 14.5 Å². The van der Waals surface area contributed by atoms with Crippen molar-refractivity contribution in [1.82, 2.24) is 25.3 Å². The highest BCUT2D eigenvalue weighted by Crippen LogP contribution is 2.49. The fourth-order valence-corrected chi connectivity index (χ4v) is 5.79. The molecule has 6 rings (SSSR count). The van der Waals surface area contributed by atoms with Gasteiger partial charge < -0.3 is 10.4 Å². The molecule has 2 aliphatic carbocycles. The van der Waals surface area contributed by atoms with E-state index in [-0.39, 0.29) is 47.2 Å². The fourth-order valence-electron chi connectivity index (χ4n) is 5.61.